The summed E-state index contributed by atoms with van der Waals surface area (Å²) in [5.41, 5.74) is 3.13. The number of anilines is 1. The lowest BCUT2D eigenvalue weighted by atomic mass is 10.2. The number of aromatic nitrogens is 3. The van der Waals surface area contributed by atoms with Gasteiger partial charge in [-0.25, -0.2) is 4.68 Å². The molecule has 1 heterocycles. The predicted octanol–water partition coefficient (Wildman–Crippen LogP) is 6.43. The van der Waals surface area contributed by atoms with E-state index in [1.54, 1.807) is 28.9 Å². The second-order valence-corrected chi connectivity index (χ2v) is 9.35. The third kappa shape index (κ3) is 6.85. The number of benzene rings is 3. The highest BCUT2D eigenvalue weighted by molar-refractivity contribution is 6.42. The van der Waals surface area contributed by atoms with Gasteiger partial charge in [-0.2, -0.15) is 4.98 Å². The molecule has 0 spiro atoms. The van der Waals surface area contributed by atoms with Crippen molar-refractivity contribution >= 4 is 34.8 Å². The van der Waals surface area contributed by atoms with Crippen molar-refractivity contribution in [3.05, 3.63) is 88.4 Å². The Morgan fingerprint density at radius 2 is 1.75 bits per heavy atom. The normalized spacial score (nSPS) is 11.0. The van der Waals surface area contributed by atoms with E-state index in [1.807, 2.05) is 48.5 Å². The number of amides is 1. The van der Waals surface area contributed by atoms with Crippen LogP contribution in [0.3, 0.4) is 0 Å². The first kappa shape index (κ1) is 25.7. The molecule has 0 radical (unpaired) electrons. The summed E-state index contributed by atoms with van der Waals surface area (Å²) in [6.45, 7) is 4.92. The Morgan fingerprint density at radius 1 is 1.00 bits per heavy atom. The van der Waals surface area contributed by atoms with Gasteiger partial charge in [-0.05, 0) is 53.9 Å². The quantitative estimate of drug-likeness (QED) is 0.258. The molecule has 0 aliphatic rings. The van der Waals surface area contributed by atoms with E-state index in [-0.39, 0.29) is 18.5 Å². The number of nitrogens with zero attached hydrogens (tertiary/aromatic N) is 3. The minimum Gasteiger partial charge on any atom is -0.462 e. The number of hydrogen-bond acceptors (Lipinski definition) is 5. The van der Waals surface area contributed by atoms with Crippen molar-refractivity contribution in [2.75, 3.05) is 18.5 Å². The fourth-order valence-corrected chi connectivity index (χ4v) is 3.61. The smallest absolute Gasteiger partial charge is 0.336 e. The minimum atomic E-state index is -0.236. The highest BCUT2D eigenvalue weighted by Gasteiger charge is 2.16. The van der Waals surface area contributed by atoms with Crippen molar-refractivity contribution in [2.45, 2.75) is 20.5 Å². The van der Waals surface area contributed by atoms with Crippen LogP contribution in [0.5, 0.6) is 6.01 Å². The van der Waals surface area contributed by atoms with Gasteiger partial charge in [-0.3, -0.25) is 4.79 Å². The number of carbonyl (C=O) groups is 1. The van der Waals surface area contributed by atoms with Crippen LogP contribution in [0.25, 0.3) is 17.1 Å². The lowest BCUT2D eigenvalue weighted by Gasteiger charge is -2.09. The van der Waals surface area contributed by atoms with Crippen LogP contribution in [-0.4, -0.2) is 33.9 Å². The molecule has 0 unspecified atom stereocenters. The molecule has 0 fully saturated rings. The first-order valence-electron chi connectivity index (χ1n) is 11.5. The second-order valence-electron chi connectivity index (χ2n) is 8.54. The fourth-order valence-electron chi connectivity index (χ4n) is 3.32. The molecule has 0 atom stereocenters. The van der Waals surface area contributed by atoms with Gasteiger partial charge in [0.2, 0.25) is 5.91 Å². The maximum atomic E-state index is 12.3. The summed E-state index contributed by atoms with van der Waals surface area (Å²) < 4.78 is 12.9. The van der Waals surface area contributed by atoms with Crippen molar-refractivity contribution in [2.24, 2.45) is 5.92 Å². The van der Waals surface area contributed by atoms with Gasteiger partial charge in [0.15, 0.2) is 5.82 Å². The summed E-state index contributed by atoms with van der Waals surface area (Å²) in [6.07, 6.45) is 0. The molecule has 7 nitrogen and oxygen atoms in total. The third-order valence-electron chi connectivity index (χ3n) is 5.05. The molecule has 0 aliphatic carbocycles. The average molecular weight is 525 g/mol. The maximum Gasteiger partial charge on any atom is 0.336 e. The lowest BCUT2D eigenvalue weighted by Crippen LogP contribution is -2.18. The summed E-state index contributed by atoms with van der Waals surface area (Å²) >= 11 is 12.3. The van der Waals surface area contributed by atoms with Gasteiger partial charge >= 0.3 is 6.01 Å². The van der Waals surface area contributed by atoms with E-state index >= 15 is 0 Å². The van der Waals surface area contributed by atoms with E-state index < -0.39 is 0 Å². The standard InChI is InChI=1S/C27H26Cl2N4O3/c1-18(2)15-36-27-31-26(20-8-13-23(28)24(29)14-20)33(32-27)22-11-9-21(10-12-22)30-25(34)17-35-16-19-6-4-3-5-7-19/h3-14,18H,15-17H2,1-2H3,(H,30,34). The Hall–Kier alpha value is -3.39. The van der Waals surface area contributed by atoms with Gasteiger partial charge in [-0.1, -0.05) is 67.4 Å². The van der Waals surface area contributed by atoms with E-state index in [0.29, 0.717) is 40.7 Å². The van der Waals surface area contributed by atoms with Crippen LogP contribution in [0, 0.1) is 5.92 Å². The van der Waals surface area contributed by atoms with Crippen LogP contribution in [0.4, 0.5) is 5.69 Å². The predicted molar refractivity (Wildman–Crippen MR) is 142 cm³/mol. The number of nitrogens with one attached hydrogen (secondary N) is 1. The van der Waals surface area contributed by atoms with Crippen LogP contribution in [0.15, 0.2) is 72.8 Å². The van der Waals surface area contributed by atoms with E-state index in [2.05, 4.69) is 29.2 Å². The zero-order valence-electron chi connectivity index (χ0n) is 19.9. The molecule has 1 amide bonds. The molecule has 4 aromatic rings. The lowest BCUT2D eigenvalue weighted by molar-refractivity contribution is -0.121. The zero-order valence-corrected chi connectivity index (χ0v) is 21.5. The van der Waals surface area contributed by atoms with E-state index in [4.69, 9.17) is 32.7 Å². The van der Waals surface area contributed by atoms with Crippen molar-refractivity contribution in [3.8, 4) is 23.1 Å². The largest absolute Gasteiger partial charge is 0.462 e. The van der Waals surface area contributed by atoms with Crippen molar-refractivity contribution in [1.82, 2.24) is 14.8 Å². The average Bonchev–Trinajstić information content (AvgIpc) is 3.30. The first-order chi connectivity index (χ1) is 17.4. The highest BCUT2D eigenvalue weighted by atomic mass is 35.5. The summed E-state index contributed by atoms with van der Waals surface area (Å²) in [7, 11) is 0. The van der Waals surface area contributed by atoms with Crippen LogP contribution >= 0.6 is 23.2 Å². The fraction of sp³-hybridized carbons (Fsp3) is 0.222. The number of carbonyl (C=O) groups excluding carboxylic acids is 1. The summed E-state index contributed by atoms with van der Waals surface area (Å²) in [5, 5.41) is 8.25. The molecule has 0 aliphatic heterocycles. The van der Waals surface area contributed by atoms with Crippen LogP contribution in [-0.2, 0) is 16.1 Å². The van der Waals surface area contributed by atoms with E-state index in [1.165, 1.54) is 0 Å². The Balaban J connectivity index is 1.48. The SMILES string of the molecule is CC(C)COc1nc(-c2ccc(Cl)c(Cl)c2)n(-c2ccc(NC(=O)COCc3ccccc3)cc2)n1. The summed E-state index contributed by atoms with van der Waals surface area (Å²) in [5.74, 6) is 0.642. The van der Waals surface area contributed by atoms with Gasteiger partial charge in [-0.15, -0.1) is 5.10 Å². The monoisotopic (exact) mass is 524 g/mol. The van der Waals surface area contributed by atoms with Crippen molar-refractivity contribution in [1.29, 1.82) is 0 Å². The molecule has 36 heavy (non-hydrogen) atoms. The molecular formula is C27H26Cl2N4O3. The molecule has 9 heteroatoms. The van der Waals surface area contributed by atoms with Crippen molar-refractivity contribution in [3.63, 3.8) is 0 Å². The van der Waals surface area contributed by atoms with Gasteiger partial charge < -0.3 is 14.8 Å². The summed E-state index contributed by atoms with van der Waals surface area (Å²) in [6, 6.07) is 22.5. The molecule has 0 saturated carbocycles. The number of rotatable bonds is 10. The van der Waals surface area contributed by atoms with Gasteiger partial charge in [0, 0.05) is 11.3 Å². The molecule has 3 aromatic carbocycles. The van der Waals surface area contributed by atoms with Crippen molar-refractivity contribution < 1.29 is 14.3 Å². The van der Waals surface area contributed by atoms with E-state index in [9.17, 15) is 4.79 Å². The molecular weight excluding hydrogens is 499 g/mol. The Bertz CT molecular complexity index is 1310. The van der Waals surface area contributed by atoms with Gasteiger partial charge in [0.25, 0.3) is 0 Å². The molecule has 0 bridgehead atoms. The first-order valence-corrected chi connectivity index (χ1v) is 12.2. The molecule has 4 rings (SSSR count). The molecule has 186 valence electrons. The van der Waals surface area contributed by atoms with E-state index in [0.717, 1.165) is 16.8 Å². The maximum absolute atomic E-state index is 12.3. The second kappa shape index (κ2) is 12.0. The van der Waals surface area contributed by atoms with Crippen LogP contribution in [0.1, 0.15) is 19.4 Å². The molecule has 0 saturated heterocycles. The number of hydrogen-bond donors (Lipinski definition) is 1. The van der Waals surface area contributed by atoms with Gasteiger partial charge in [0.05, 0.1) is 28.9 Å². The van der Waals surface area contributed by atoms with Crippen LogP contribution in [0.2, 0.25) is 10.0 Å². The third-order valence-corrected chi connectivity index (χ3v) is 5.79. The summed E-state index contributed by atoms with van der Waals surface area (Å²) in [4.78, 5) is 16.9. The zero-order chi connectivity index (χ0) is 25.5. The van der Waals surface area contributed by atoms with Gasteiger partial charge in [0.1, 0.15) is 6.61 Å². The minimum absolute atomic E-state index is 0.0439. The Morgan fingerprint density at radius 3 is 2.44 bits per heavy atom. The number of ether oxygens (including phenoxy) is 2. The molecule has 1 aromatic heterocycles. The highest BCUT2D eigenvalue weighted by Crippen LogP contribution is 2.30. The topological polar surface area (TPSA) is 78.3 Å². The Kier molecular flexibility index (Phi) is 8.59. The number of halogens is 2. The van der Waals surface area contributed by atoms with Crippen LogP contribution < -0.4 is 10.1 Å². The molecule has 1 N–H and O–H groups in total. The Labute approximate surface area is 220 Å².